The van der Waals surface area contributed by atoms with Gasteiger partial charge in [-0.25, -0.2) is 4.79 Å². The van der Waals surface area contributed by atoms with Gasteiger partial charge in [-0.1, -0.05) is 13.8 Å². The Hall–Kier alpha value is -1.26. The molecule has 0 aliphatic heterocycles. The van der Waals surface area contributed by atoms with Gasteiger partial charge in [-0.15, -0.1) is 0 Å². The van der Waals surface area contributed by atoms with Crippen molar-refractivity contribution in [1.82, 2.24) is 5.32 Å². The first-order valence-corrected chi connectivity index (χ1v) is 7.62. The molecule has 0 heterocycles. The highest BCUT2D eigenvalue weighted by molar-refractivity contribution is 5.76. The van der Waals surface area contributed by atoms with Gasteiger partial charge < -0.3 is 15.2 Å². The van der Waals surface area contributed by atoms with Crippen LogP contribution in [0.4, 0.5) is 4.79 Å². The molecular weight excluding hydrogens is 270 g/mol. The van der Waals surface area contributed by atoms with Gasteiger partial charge in [-0.2, -0.15) is 0 Å². The topological polar surface area (TPSA) is 75.6 Å². The fourth-order valence-corrected chi connectivity index (χ4v) is 4.26. The van der Waals surface area contributed by atoms with E-state index in [1.54, 1.807) is 20.8 Å². The molecule has 5 nitrogen and oxygen atoms in total. The molecular formula is C16H27NO4. The molecule has 3 fully saturated rings. The van der Waals surface area contributed by atoms with Gasteiger partial charge in [0.1, 0.15) is 5.60 Å². The molecule has 21 heavy (non-hydrogen) atoms. The van der Waals surface area contributed by atoms with Crippen LogP contribution in [0, 0.1) is 23.2 Å². The Labute approximate surface area is 126 Å². The number of ether oxygens (including phenoxy) is 1. The summed E-state index contributed by atoms with van der Waals surface area (Å²) in [5, 5.41) is 12.4. The Kier molecular flexibility index (Phi) is 3.54. The van der Waals surface area contributed by atoms with Crippen molar-refractivity contribution < 1.29 is 19.4 Å². The van der Waals surface area contributed by atoms with Crippen LogP contribution in [-0.4, -0.2) is 28.3 Å². The van der Waals surface area contributed by atoms with Gasteiger partial charge >= 0.3 is 12.1 Å². The summed E-state index contributed by atoms with van der Waals surface area (Å²) in [6, 6.07) is 0. The van der Waals surface area contributed by atoms with E-state index in [1.807, 2.05) is 6.92 Å². The van der Waals surface area contributed by atoms with Crippen molar-refractivity contribution in [1.29, 1.82) is 0 Å². The fraction of sp³-hybridized carbons (Fsp3) is 0.875. The van der Waals surface area contributed by atoms with Crippen molar-refractivity contribution in [2.45, 2.75) is 65.5 Å². The van der Waals surface area contributed by atoms with Gasteiger partial charge in [0.05, 0.1) is 11.5 Å². The predicted molar refractivity (Wildman–Crippen MR) is 78.9 cm³/mol. The molecule has 3 rings (SSSR count). The number of aliphatic carboxylic acids is 1. The lowest BCUT2D eigenvalue weighted by Crippen LogP contribution is -2.72. The molecule has 0 aromatic rings. The van der Waals surface area contributed by atoms with Crippen LogP contribution in [0.3, 0.4) is 0 Å². The van der Waals surface area contributed by atoms with Crippen molar-refractivity contribution in [3.63, 3.8) is 0 Å². The van der Waals surface area contributed by atoms with E-state index >= 15 is 0 Å². The maximum Gasteiger partial charge on any atom is 0.408 e. The third-order valence-corrected chi connectivity index (χ3v) is 5.51. The Balaban J connectivity index is 2.22. The lowest BCUT2D eigenvalue weighted by Gasteiger charge is -2.66. The zero-order valence-corrected chi connectivity index (χ0v) is 13.8. The summed E-state index contributed by atoms with van der Waals surface area (Å²) in [5.41, 5.74) is -1.28. The number of hydrogen-bond donors (Lipinski definition) is 2. The maximum atomic E-state index is 12.1. The molecule has 2 bridgehead atoms. The van der Waals surface area contributed by atoms with Crippen molar-refractivity contribution in [2.24, 2.45) is 23.2 Å². The van der Waals surface area contributed by atoms with Crippen molar-refractivity contribution in [2.75, 3.05) is 0 Å². The number of hydrogen-bond acceptors (Lipinski definition) is 3. The third kappa shape index (κ3) is 2.62. The van der Waals surface area contributed by atoms with Gasteiger partial charge in [-0.3, -0.25) is 4.79 Å². The van der Waals surface area contributed by atoms with E-state index < -0.39 is 29.1 Å². The summed E-state index contributed by atoms with van der Waals surface area (Å²) >= 11 is 0. The average Bonchev–Trinajstić information content (AvgIpc) is 2.23. The molecule has 120 valence electrons. The minimum absolute atomic E-state index is 0.0652. The SMILES string of the molecule is CC(C)(C)OC(=O)N[C@@]1(C)[C@@H](C(=O)O)C[C@H]2C[C@H]1C2(C)C. The van der Waals surface area contributed by atoms with Crippen LogP contribution in [0.25, 0.3) is 0 Å². The minimum atomic E-state index is -0.834. The van der Waals surface area contributed by atoms with Crippen molar-refractivity contribution in [3.05, 3.63) is 0 Å². The van der Waals surface area contributed by atoms with E-state index in [1.165, 1.54) is 0 Å². The van der Waals surface area contributed by atoms with Gasteiger partial charge in [0.25, 0.3) is 0 Å². The largest absolute Gasteiger partial charge is 0.481 e. The number of carbonyl (C=O) groups excluding carboxylic acids is 1. The standard InChI is InChI=1S/C16H27NO4/c1-14(2,3)21-13(20)17-16(6)10(12(18)19)7-9-8-11(16)15(9,4)5/h9-11H,7-8H2,1-6H3,(H,17,20)(H,18,19)/t9-,10+,11-,16-/m0/s1. The van der Waals surface area contributed by atoms with Gasteiger partial charge in [0.2, 0.25) is 0 Å². The molecule has 2 N–H and O–H groups in total. The molecule has 0 aromatic carbocycles. The van der Waals surface area contributed by atoms with Crippen LogP contribution in [0.15, 0.2) is 0 Å². The molecule has 3 saturated carbocycles. The summed E-state index contributed by atoms with van der Waals surface area (Å²) in [6.45, 7) is 11.6. The van der Waals surface area contributed by atoms with Crippen LogP contribution in [0.2, 0.25) is 0 Å². The lowest BCUT2D eigenvalue weighted by atomic mass is 9.41. The molecule has 0 unspecified atom stereocenters. The van der Waals surface area contributed by atoms with Crippen LogP contribution in [0.5, 0.6) is 0 Å². The highest BCUT2D eigenvalue weighted by Crippen LogP contribution is 2.64. The average molecular weight is 297 g/mol. The number of carboxylic acid groups (broad SMARTS) is 1. The van der Waals surface area contributed by atoms with E-state index in [4.69, 9.17) is 4.74 Å². The first kappa shape index (κ1) is 16.1. The Morgan fingerprint density at radius 3 is 2.19 bits per heavy atom. The maximum absolute atomic E-state index is 12.1. The number of nitrogens with one attached hydrogen (secondary N) is 1. The summed E-state index contributed by atoms with van der Waals surface area (Å²) in [6.07, 6.45) is 1.06. The monoisotopic (exact) mass is 297 g/mol. The summed E-state index contributed by atoms with van der Waals surface area (Å²) < 4.78 is 5.32. The smallest absolute Gasteiger partial charge is 0.408 e. The number of amides is 1. The number of rotatable bonds is 2. The van der Waals surface area contributed by atoms with Crippen molar-refractivity contribution >= 4 is 12.1 Å². The lowest BCUT2D eigenvalue weighted by molar-refractivity contribution is -0.178. The molecule has 3 aliphatic rings. The molecule has 0 radical (unpaired) electrons. The second kappa shape index (κ2) is 4.62. The van der Waals surface area contributed by atoms with E-state index in [0.717, 1.165) is 6.42 Å². The van der Waals surface area contributed by atoms with E-state index in [9.17, 15) is 14.7 Å². The Morgan fingerprint density at radius 1 is 1.19 bits per heavy atom. The predicted octanol–water partition coefficient (Wildman–Crippen LogP) is 3.04. The first-order chi connectivity index (χ1) is 9.38. The highest BCUT2D eigenvalue weighted by Gasteiger charge is 2.65. The minimum Gasteiger partial charge on any atom is -0.481 e. The molecule has 3 aliphatic carbocycles. The molecule has 4 atom stereocenters. The molecule has 0 saturated heterocycles. The van der Waals surface area contributed by atoms with E-state index in [2.05, 4.69) is 19.2 Å². The van der Waals surface area contributed by atoms with Crippen LogP contribution >= 0.6 is 0 Å². The quantitative estimate of drug-likeness (QED) is 0.821. The fourth-order valence-electron chi connectivity index (χ4n) is 4.26. The summed E-state index contributed by atoms with van der Waals surface area (Å²) in [7, 11) is 0. The van der Waals surface area contributed by atoms with Gasteiger partial charge in [-0.05, 0) is 57.8 Å². The summed E-state index contributed by atoms with van der Waals surface area (Å²) in [5.74, 6) is -0.796. The van der Waals surface area contributed by atoms with Gasteiger partial charge in [0, 0.05) is 0 Å². The second-order valence-corrected chi connectivity index (χ2v) is 8.34. The van der Waals surface area contributed by atoms with Crippen LogP contribution in [-0.2, 0) is 9.53 Å². The van der Waals surface area contributed by atoms with E-state index in [0.29, 0.717) is 12.3 Å². The van der Waals surface area contributed by atoms with Crippen LogP contribution in [0.1, 0.15) is 54.4 Å². The number of alkyl carbamates (subject to hydrolysis) is 1. The number of fused-ring (bicyclic) bond motifs is 2. The summed E-state index contributed by atoms with van der Waals surface area (Å²) in [4.78, 5) is 23.8. The number of carbonyl (C=O) groups is 2. The zero-order chi connectivity index (χ0) is 16.2. The van der Waals surface area contributed by atoms with E-state index in [-0.39, 0.29) is 11.3 Å². The normalized spacial score (nSPS) is 37.3. The second-order valence-electron chi connectivity index (χ2n) is 8.34. The molecule has 0 spiro atoms. The molecule has 5 heteroatoms. The first-order valence-electron chi connectivity index (χ1n) is 7.62. The number of carboxylic acids is 1. The third-order valence-electron chi connectivity index (χ3n) is 5.51. The Bertz CT molecular complexity index is 465. The van der Waals surface area contributed by atoms with Crippen molar-refractivity contribution in [3.8, 4) is 0 Å². The Morgan fingerprint density at radius 2 is 1.76 bits per heavy atom. The van der Waals surface area contributed by atoms with Crippen LogP contribution < -0.4 is 5.32 Å². The molecule has 1 amide bonds. The zero-order valence-electron chi connectivity index (χ0n) is 13.8. The van der Waals surface area contributed by atoms with Gasteiger partial charge in [0.15, 0.2) is 0 Å². The highest BCUT2D eigenvalue weighted by atomic mass is 16.6. The molecule has 0 aromatic heterocycles.